The molecule has 0 radical (unpaired) electrons. The Kier molecular flexibility index (Phi) is 7.15. The second-order valence-corrected chi connectivity index (χ2v) is 6.74. The van der Waals surface area contributed by atoms with Gasteiger partial charge >= 0.3 is 5.97 Å². The number of likely N-dealkylation sites (tertiary alicyclic amines) is 1. The van der Waals surface area contributed by atoms with Gasteiger partial charge in [0.05, 0.1) is 12.5 Å². The Morgan fingerprint density at radius 3 is 2.48 bits per heavy atom. The number of hydrogen-bond donors (Lipinski definition) is 2. The molecule has 1 heterocycles. The van der Waals surface area contributed by atoms with E-state index >= 15 is 0 Å². The summed E-state index contributed by atoms with van der Waals surface area (Å²) in [6.45, 7) is 9.33. The van der Waals surface area contributed by atoms with E-state index in [9.17, 15) is 9.59 Å². The van der Waals surface area contributed by atoms with Gasteiger partial charge in [-0.25, -0.2) is 0 Å². The highest BCUT2D eigenvalue weighted by molar-refractivity contribution is 5.78. The van der Waals surface area contributed by atoms with Gasteiger partial charge in [0, 0.05) is 12.1 Å². The van der Waals surface area contributed by atoms with Gasteiger partial charge < -0.3 is 10.4 Å². The van der Waals surface area contributed by atoms with Crippen LogP contribution in [0.3, 0.4) is 0 Å². The molecule has 5 heteroatoms. The lowest BCUT2D eigenvalue weighted by atomic mass is 10.0. The second-order valence-electron chi connectivity index (χ2n) is 6.74. The first-order valence-electron chi connectivity index (χ1n) is 8.07. The summed E-state index contributed by atoms with van der Waals surface area (Å²) < 4.78 is 0. The SMILES string of the molecule is CC(C)CCCC(C)NC(=O)CN1CCC(C(=O)O)C1C. The third kappa shape index (κ3) is 6.04. The minimum Gasteiger partial charge on any atom is -0.481 e. The first-order chi connectivity index (χ1) is 9.81. The predicted molar refractivity (Wildman–Crippen MR) is 83.1 cm³/mol. The number of aliphatic carboxylic acids is 1. The minimum atomic E-state index is -0.757. The lowest BCUT2D eigenvalue weighted by molar-refractivity contribution is -0.142. The van der Waals surface area contributed by atoms with Gasteiger partial charge in [0.25, 0.3) is 0 Å². The summed E-state index contributed by atoms with van der Waals surface area (Å²) >= 11 is 0. The van der Waals surface area contributed by atoms with Gasteiger partial charge in [0.15, 0.2) is 0 Å². The van der Waals surface area contributed by atoms with E-state index in [1.807, 2.05) is 18.7 Å². The number of nitrogens with one attached hydrogen (secondary N) is 1. The molecule has 0 aromatic rings. The second kappa shape index (κ2) is 8.37. The van der Waals surface area contributed by atoms with Crippen molar-refractivity contribution in [1.82, 2.24) is 10.2 Å². The molecular formula is C16H30N2O3. The largest absolute Gasteiger partial charge is 0.481 e. The van der Waals surface area contributed by atoms with Crippen molar-refractivity contribution in [3.8, 4) is 0 Å². The molecule has 0 aromatic carbocycles. The van der Waals surface area contributed by atoms with E-state index in [4.69, 9.17) is 5.11 Å². The molecule has 122 valence electrons. The quantitative estimate of drug-likeness (QED) is 0.720. The number of rotatable bonds is 8. The maximum atomic E-state index is 12.0. The summed E-state index contributed by atoms with van der Waals surface area (Å²) in [4.78, 5) is 25.1. The molecule has 1 fully saturated rings. The molecule has 21 heavy (non-hydrogen) atoms. The molecule has 1 aliphatic heterocycles. The Morgan fingerprint density at radius 1 is 1.29 bits per heavy atom. The van der Waals surface area contributed by atoms with Crippen molar-refractivity contribution in [1.29, 1.82) is 0 Å². The number of nitrogens with zero attached hydrogens (tertiary/aromatic N) is 1. The fourth-order valence-electron chi connectivity index (χ4n) is 2.97. The highest BCUT2D eigenvalue weighted by Gasteiger charge is 2.36. The summed E-state index contributed by atoms with van der Waals surface area (Å²) in [7, 11) is 0. The van der Waals surface area contributed by atoms with E-state index in [2.05, 4.69) is 19.2 Å². The van der Waals surface area contributed by atoms with Crippen molar-refractivity contribution >= 4 is 11.9 Å². The van der Waals surface area contributed by atoms with Gasteiger partial charge in [-0.1, -0.05) is 26.7 Å². The molecule has 0 spiro atoms. The summed E-state index contributed by atoms with van der Waals surface area (Å²) in [5.74, 6) is -0.398. The van der Waals surface area contributed by atoms with Crippen molar-refractivity contribution in [3.63, 3.8) is 0 Å². The summed E-state index contributed by atoms with van der Waals surface area (Å²) in [5, 5.41) is 12.1. The molecule has 0 saturated carbocycles. The van der Waals surface area contributed by atoms with Crippen LogP contribution >= 0.6 is 0 Å². The highest BCUT2D eigenvalue weighted by Crippen LogP contribution is 2.23. The predicted octanol–water partition coefficient (Wildman–Crippen LogP) is 2.11. The number of carbonyl (C=O) groups excluding carboxylic acids is 1. The van der Waals surface area contributed by atoms with E-state index in [-0.39, 0.29) is 23.9 Å². The molecule has 0 aromatic heterocycles. The molecule has 1 aliphatic rings. The van der Waals surface area contributed by atoms with Gasteiger partial charge in [-0.2, -0.15) is 0 Å². The zero-order valence-corrected chi connectivity index (χ0v) is 13.8. The molecule has 1 rings (SSSR count). The van der Waals surface area contributed by atoms with E-state index < -0.39 is 5.97 Å². The van der Waals surface area contributed by atoms with Crippen LogP contribution in [0.25, 0.3) is 0 Å². The smallest absolute Gasteiger partial charge is 0.308 e. The van der Waals surface area contributed by atoms with Crippen LogP contribution < -0.4 is 5.32 Å². The highest BCUT2D eigenvalue weighted by atomic mass is 16.4. The average molecular weight is 298 g/mol. The monoisotopic (exact) mass is 298 g/mol. The summed E-state index contributed by atoms with van der Waals surface area (Å²) in [5.41, 5.74) is 0. The number of hydrogen-bond acceptors (Lipinski definition) is 3. The lowest BCUT2D eigenvalue weighted by Crippen LogP contribution is -2.43. The van der Waals surface area contributed by atoms with Crippen molar-refractivity contribution in [2.24, 2.45) is 11.8 Å². The topological polar surface area (TPSA) is 69.6 Å². The van der Waals surface area contributed by atoms with Crippen LogP contribution in [0.15, 0.2) is 0 Å². The Hall–Kier alpha value is -1.10. The van der Waals surface area contributed by atoms with E-state index in [1.54, 1.807) is 0 Å². The van der Waals surface area contributed by atoms with Crippen LogP contribution in [0, 0.1) is 11.8 Å². The van der Waals surface area contributed by atoms with Crippen LogP contribution in [-0.2, 0) is 9.59 Å². The Balaban J connectivity index is 2.29. The zero-order valence-electron chi connectivity index (χ0n) is 13.8. The number of carboxylic acids is 1. The molecule has 0 bridgehead atoms. The van der Waals surface area contributed by atoms with Gasteiger partial charge in [0.1, 0.15) is 0 Å². The van der Waals surface area contributed by atoms with Gasteiger partial charge in [-0.3, -0.25) is 14.5 Å². The molecule has 0 aliphatic carbocycles. The van der Waals surface area contributed by atoms with Crippen molar-refractivity contribution in [3.05, 3.63) is 0 Å². The van der Waals surface area contributed by atoms with Crippen LogP contribution in [0.4, 0.5) is 0 Å². The van der Waals surface area contributed by atoms with Crippen LogP contribution in [0.1, 0.15) is 53.4 Å². The first-order valence-corrected chi connectivity index (χ1v) is 8.07. The third-order valence-electron chi connectivity index (χ3n) is 4.38. The van der Waals surface area contributed by atoms with Gasteiger partial charge in [-0.05, 0) is 39.2 Å². The van der Waals surface area contributed by atoms with E-state index in [0.717, 1.165) is 12.8 Å². The maximum Gasteiger partial charge on any atom is 0.308 e. The van der Waals surface area contributed by atoms with Crippen molar-refractivity contribution in [2.75, 3.05) is 13.1 Å². The van der Waals surface area contributed by atoms with Crippen LogP contribution in [0.2, 0.25) is 0 Å². The Labute approximate surface area is 128 Å². The van der Waals surface area contributed by atoms with Gasteiger partial charge in [0.2, 0.25) is 5.91 Å². The summed E-state index contributed by atoms with van der Waals surface area (Å²) in [6, 6.07) is 0.119. The number of carbonyl (C=O) groups is 2. The number of carboxylic acid groups (broad SMARTS) is 1. The third-order valence-corrected chi connectivity index (χ3v) is 4.38. The van der Waals surface area contributed by atoms with E-state index in [0.29, 0.717) is 25.4 Å². The van der Waals surface area contributed by atoms with Crippen molar-refractivity contribution in [2.45, 2.75) is 65.5 Å². The van der Waals surface area contributed by atoms with Crippen LogP contribution in [0.5, 0.6) is 0 Å². The van der Waals surface area contributed by atoms with Gasteiger partial charge in [-0.15, -0.1) is 0 Å². The molecule has 3 unspecified atom stereocenters. The standard InChI is InChI=1S/C16H30N2O3/c1-11(2)6-5-7-12(3)17-15(19)10-18-9-8-14(13(18)4)16(20)21/h11-14H,5-10H2,1-4H3,(H,17,19)(H,20,21). The average Bonchev–Trinajstić information content (AvgIpc) is 2.70. The minimum absolute atomic E-state index is 0.00457. The lowest BCUT2D eigenvalue weighted by Gasteiger charge is -2.23. The molecule has 1 amide bonds. The number of amides is 1. The fraction of sp³-hybridized carbons (Fsp3) is 0.875. The molecule has 1 saturated heterocycles. The summed E-state index contributed by atoms with van der Waals surface area (Å²) in [6.07, 6.45) is 3.94. The molecule has 5 nitrogen and oxygen atoms in total. The van der Waals surface area contributed by atoms with Crippen molar-refractivity contribution < 1.29 is 14.7 Å². The van der Waals surface area contributed by atoms with Crippen LogP contribution in [-0.4, -0.2) is 47.1 Å². The maximum absolute atomic E-state index is 12.0. The normalized spacial score (nSPS) is 24.2. The van der Waals surface area contributed by atoms with E-state index in [1.165, 1.54) is 6.42 Å². The molecular weight excluding hydrogens is 268 g/mol. The Morgan fingerprint density at radius 2 is 1.95 bits per heavy atom. The zero-order chi connectivity index (χ0) is 16.0. The Bertz CT molecular complexity index is 357. The molecule has 3 atom stereocenters. The first kappa shape index (κ1) is 18.0. The molecule has 2 N–H and O–H groups in total. The fourth-order valence-corrected chi connectivity index (χ4v) is 2.97.